The number of aliphatic hydroxyl groups excluding tert-OH is 1. The fraction of sp³-hybridized carbons (Fsp3) is 0.400. The molecule has 0 unspecified atom stereocenters. The lowest BCUT2D eigenvalue weighted by molar-refractivity contribution is 0.190. The van der Waals surface area contributed by atoms with Gasteiger partial charge in [-0.05, 0) is 19.1 Å². The summed E-state index contributed by atoms with van der Waals surface area (Å²) in [4.78, 5) is 15.0. The van der Waals surface area contributed by atoms with Crippen molar-refractivity contribution in [2.24, 2.45) is 0 Å². The maximum Gasteiger partial charge on any atom is 0.319 e. The Morgan fingerprint density at radius 3 is 2.61 bits per heavy atom. The van der Waals surface area contributed by atoms with Crippen LogP contribution in [0.15, 0.2) is 23.4 Å². The Balaban J connectivity index is 2.62. The molecular weight excluding hydrogens is 258 g/mol. The molecule has 1 atom stereocenters. The van der Waals surface area contributed by atoms with Crippen molar-refractivity contribution in [2.45, 2.75) is 18.1 Å². The zero-order valence-electron chi connectivity index (χ0n) is 10.0. The summed E-state index contributed by atoms with van der Waals surface area (Å²) in [6, 6.07) is 2.25. The monoisotopic (exact) mass is 273 g/mol. The number of pyridine rings is 1. The molecule has 0 aromatic carbocycles. The van der Waals surface area contributed by atoms with Crippen LogP contribution in [0.4, 0.5) is 10.5 Å². The maximum absolute atomic E-state index is 11.3. The van der Waals surface area contributed by atoms with Gasteiger partial charge in [0.15, 0.2) is 14.9 Å². The second kappa shape index (κ2) is 5.78. The van der Waals surface area contributed by atoms with Gasteiger partial charge in [-0.2, -0.15) is 0 Å². The van der Waals surface area contributed by atoms with Crippen LogP contribution in [0.5, 0.6) is 0 Å². The van der Waals surface area contributed by atoms with Gasteiger partial charge in [-0.3, -0.25) is 0 Å². The normalized spacial score (nSPS) is 12.8. The van der Waals surface area contributed by atoms with E-state index in [4.69, 9.17) is 5.11 Å². The highest BCUT2D eigenvalue weighted by Crippen LogP contribution is 2.09. The lowest BCUT2D eigenvalue weighted by atomic mass is 10.4. The number of nitrogens with one attached hydrogen (secondary N) is 2. The van der Waals surface area contributed by atoms with E-state index in [0.29, 0.717) is 5.69 Å². The Bertz CT molecular complexity index is 510. The zero-order valence-corrected chi connectivity index (χ0v) is 10.9. The number of hydrogen-bond acceptors (Lipinski definition) is 5. The predicted octanol–water partition coefficient (Wildman–Crippen LogP) is -0.0126. The minimum atomic E-state index is -3.34. The van der Waals surface area contributed by atoms with Gasteiger partial charge in [-0.1, -0.05) is 0 Å². The van der Waals surface area contributed by atoms with Crippen molar-refractivity contribution >= 4 is 21.6 Å². The number of carbonyl (C=O) groups is 1. The molecule has 100 valence electrons. The van der Waals surface area contributed by atoms with Gasteiger partial charge >= 0.3 is 6.03 Å². The number of amides is 2. The average Bonchev–Trinajstić information content (AvgIpc) is 2.26. The van der Waals surface area contributed by atoms with E-state index in [9.17, 15) is 13.2 Å². The summed E-state index contributed by atoms with van der Waals surface area (Å²) in [7, 11) is -3.34. The average molecular weight is 273 g/mol. The Labute approximate surface area is 105 Å². The topological polar surface area (TPSA) is 108 Å². The lowest BCUT2D eigenvalue weighted by Crippen LogP contribution is -2.34. The molecule has 8 heteroatoms. The Hall–Kier alpha value is -1.67. The molecule has 1 rings (SSSR count). The summed E-state index contributed by atoms with van der Waals surface area (Å²) < 4.78 is 22.3. The van der Waals surface area contributed by atoms with Crippen molar-refractivity contribution in [3.63, 3.8) is 0 Å². The van der Waals surface area contributed by atoms with Crippen LogP contribution in [0.3, 0.4) is 0 Å². The number of carbonyl (C=O) groups excluding carboxylic acids is 1. The first-order chi connectivity index (χ1) is 8.29. The minimum Gasteiger partial charge on any atom is -0.392 e. The van der Waals surface area contributed by atoms with E-state index in [-0.39, 0.29) is 11.6 Å². The summed E-state index contributed by atoms with van der Waals surface area (Å²) in [5, 5.41) is 13.8. The quantitative estimate of drug-likeness (QED) is 0.715. The van der Waals surface area contributed by atoms with Gasteiger partial charge in [0, 0.05) is 12.8 Å². The van der Waals surface area contributed by atoms with Gasteiger partial charge in [0.2, 0.25) is 0 Å². The molecule has 0 fully saturated rings. The third-order valence-corrected chi connectivity index (χ3v) is 2.93. The predicted molar refractivity (Wildman–Crippen MR) is 66.0 cm³/mol. The molecule has 2 amide bonds. The lowest BCUT2D eigenvalue weighted by Gasteiger charge is -2.08. The Morgan fingerprint density at radius 1 is 1.50 bits per heavy atom. The zero-order chi connectivity index (χ0) is 13.8. The second-order valence-electron chi connectivity index (χ2n) is 3.84. The van der Waals surface area contributed by atoms with Crippen molar-refractivity contribution in [1.82, 2.24) is 10.3 Å². The highest BCUT2D eigenvalue weighted by Gasteiger charge is 2.09. The van der Waals surface area contributed by atoms with Gasteiger partial charge in [-0.25, -0.2) is 18.2 Å². The second-order valence-corrected chi connectivity index (χ2v) is 5.80. The number of hydrogen-bond donors (Lipinski definition) is 3. The van der Waals surface area contributed by atoms with Crippen molar-refractivity contribution in [3.05, 3.63) is 18.3 Å². The first-order valence-electron chi connectivity index (χ1n) is 5.18. The number of sulfone groups is 1. The third-order valence-electron chi connectivity index (χ3n) is 1.93. The van der Waals surface area contributed by atoms with Crippen LogP contribution in [-0.2, 0) is 9.84 Å². The molecule has 18 heavy (non-hydrogen) atoms. The van der Waals surface area contributed by atoms with Crippen molar-refractivity contribution in [2.75, 3.05) is 18.1 Å². The number of aliphatic hydroxyl groups is 1. The fourth-order valence-electron chi connectivity index (χ4n) is 1.09. The van der Waals surface area contributed by atoms with E-state index >= 15 is 0 Å². The number of urea groups is 1. The molecular formula is C10H15N3O4S. The van der Waals surface area contributed by atoms with E-state index in [1.807, 2.05) is 0 Å². The van der Waals surface area contributed by atoms with Gasteiger partial charge in [-0.15, -0.1) is 0 Å². The molecule has 0 aliphatic rings. The molecule has 0 radical (unpaired) electrons. The Morgan fingerprint density at radius 2 is 2.17 bits per heavy atom. The van der Waals surface area contributed by atoms with E-state index in [2.05, 4.69) is 15.6 Å². The number of nitrogens with zero attached hydrogens (tertiary/aromatic N) is 1. The standard InChI is InChI=1S/C10H15N3O4S/c1-7(14)5-12-10(15)13-8-3-4-9(11-6-8)18(2,16)17/h3-4,6-7,14H,5H2,1-2H3,(H2,12,13,15)/t7-/m0/s1. The smallest absolute Gasteiger partial charge is 0.319 e. The number of aromatic nitrogens is 1. The van der Waals surface area contributed by atoms with E-state index in [1.54, 1.807) is 6.92 Å². The SMILES string of the molecule is C[C@H](O)CNC(=O)Nc1ccc(S(C)(=O)=O)nc1. The first-order valence-corrected chi connectivity index (χ1v) is 7.07. The van der Waals surface area contributed by atoms with Crippen molar-refractivity contribution in [3.8, 4) is 0 Å². The maximum atomic E-state index is 11.3. The molecule has 0 saturated carbocycles. The van der Waals surface area contributed by atoms with Gasteiger partial charge in [0.05, 0.1) is 18.0 Å². The van der Waals surface area contributed by atoms with Crippen molar-refractivity contribution < 1.29 is 18.3 Å². The molecule has 3 N–H and O–H groups in total. The highest BCUT2D eigenvalue weighted by atomic mass is 32.2. The van der Waals surface area contributed by atoms with Crippen molar-refractivity contribution in [1.29, 1.82) is 0 Å². The van der Waals surface area contributed by atoms with Crippen LogP contribution in [0, 0.1) is 0 Å². The minimum absolute atomic E-state index is 0.0579. The molecule has 1 heterocycles. The highest BCUT2D eigenvalue weighted by molar-refractivity contribution is 7.90. The first kappa shape index (κ1) is 14.4. The fourth-order valence-corrected chi connectivity index (χ4v) is 1.65. The third kappa shape index (κ3) is 4.68. The molecule has 0 spiro atoms. The van der Waals surface area contributed by atoms with Crippen LogP contribution >= 0.6 is 0 Å². The summed E-state index contributed by atoms with van der Waals surface area (Å²) >= 11 is 0. The van der Waals surface area contributed by atoms with Crippen LogP contribution in [-0.4, -0.2) is 43.4 Å². The van der Waals surface area contributed by atoms with E-state index in [1.165, 1.54) is 18.3 Å². The Kier molecular flexibility index (Phi) is 4.62. The number of rotatable bonds is 4. The molecule has 0 aliphatic heterocycles. The summed E-state index contributed by atoms with van der Waals surface area (Å²) in [6.45, 7) is 1.67. The number of anilines is 1. The van der Waals surface area contributed by atoms with E-state index in [0.717, 1.165) is 6.26 Å². The van der Waals surface area contributed by atoms with Crippen LogP contribution in [0.2, 0.25) is 0 Å². The van der Waals surface area contributed by atoms with Gasteiger partial charge in [0.25, 0.3) is 0 Å². The molecule has 7 nitrogen and oxygen atoms in total. The van der Waals surface area contributed by atoms with Gasteiger partial charge < -0.3 is 15.7 Å². The van der Waals surface area contributed by atoms with Crippen LogP contribution < -0.4 is 10.6 Å². The molecule has 0 saturated heterocycles. The van der Waals surface area contributed by atoms with Crippen LogP contribution in [0.25, 0.3) is 0 Å². The summed E-state index contributed by atoms with van der Waals surface area (Å²) in [6.07, 6.45) is 1.66. The largest absolute Gasteiger partial charge is 0.392 e. The summed E-state index contributed by atoms with van der Waals surface area (Å²) in [5.74, 6) is 0. The molecule has 1 aromatic heterocycles. The molecule has 0 aliphatic carbocycles. The molecule has 0 bridgehead atoms. The summed E-state index contributed by atoms with van der Waals surface area (Å²) in [5.41, 5.74) is 0.366. The van der Waals surface area contributed by atoms with Crippen LogP contribution in [0.1, 0.15) is 6.92 Å². The van der Waals surface area contributed by atoms with E-state index < -0.39 is 22.0 Å². The molecule has 1 aromatic rings. The van der Waals surface area contributed by atoms with Gasteiger partial charge in [0.1, 0.15) is 0 Å².